The zero-order valence-corrected chi connectivity index (χ0v) is 12.4. The minimum absolute atomic E-state index is 0.0236. The van der Waals surface area contributed by atoms with E-state index >= 15 is 0 Å². The lowest BCUT2D eigenvalue weighted by Crippen LogP contribution is -2.27. The Morgan fingerprint density at radius 2 is 2.00 bits per heavy atom. The summed E-state index contributed by atoms with van der Waals surface area (Å²) < 4.78 is 1.47. The number of nitrogens with one attached hydrogen (secondary N) is 2. The van der Waals surface area contributed by atoms with E-state index in [2.05, 4.69) is 35.7 Å². The molecule has 0 spiro atoms. The molecule has 0 fully saturated rings. The van der Waals surface area contributed by atoms with E-state index in [4.69, 9.17) is 0 Å². The summed E-state index contributed by atoms with van der Waals surface area (Å²) >= 11 is 0. The highest BCUT2D eigenvalue weighted by atomic mass is 16.3. The first kappa shape index (κ1) is 15.1. The van der Waals surface area contributed by atoms with Crippen molar-refractivity contribution in [1.29, 1.82) is 0 Å². The van der Waals surface area contributed by atoms with Gasteiger partial charge in [0.25, 0.3) is 5.95 Å². The van der Waals surface area contributed by atoms with Crippen LogP contribution in [0.4, 0.5) is 11.9 Å². The van der Waals surface area contributed by atoms with Crippen molar-refractivity contribution in [2.75, 3.05) is 23.8 Å². The molecule has 2 heterocycles. The molecule has 9 nitrogen and oxygen atoms in total. The summed E-state index contributed by atoms with van der Waals surface area (Å²) in [7, 11) is 0. The zero-order chi connectivity index (χ0) is 15.2. The predicted molar refractivity (Wildman–Crippen MR) is 78.2 cm³/mol. The fourth-order valence-electron chi connectivity index (χ4n) is 1.58. The molecule has 3 N–H and O–H groups in total. The van der Waals surface area contributed by atoms with Crippen LogP contribution in [-0.2, 0) is 0 Å². The van der Waals surface area contributed by atoms with Gasteiger partial charge in [-0.15, -0.1) is 0 Å². The Bertz CT molecular complexity index is 558. The molecular formula is C12H20N8O. The molecule has 114 valence electrons. The largest absolute Gasteiger partial charge is 0.396 e. The van der Waals surface area contributed by atoms with Gasteiger partial charge in [0, 0.05) is 19.2 Å². The van der Waals surface area contributed by atoms with Gasteiger partial charge in [-0.25, -0.2) is 4.98 Å². The van der Waals surface area contributed by atoms with Crippen LogP contribution in [0.25, 0.3) is 5.95 Å². The van der Waals surface area contributed by atoms with E-state index in [1.165, 1.54) is 17.3 Å². The van der Waals surface area contributed by atoms with E-state index in [-0.39, 0.29) is 18.6 Å². The van der Waals surface area contributed by atoms with E-state index < -0.39 is 0 Å². The lowest BCUT2D eigenvalue weighted by Gasteiger charge is -2.19. The number of aliphatic hydroxyl groups is 1. The van der Waals surface area contributed by atoms with Crippen LogP contribution in [-0.4, -0.2) is 54.0 Å². The molecule has 9 heteroatoms. The summed E-state index contributed by atoms with van der Waals surface area (Å²) in [6.07, 6.45) is 2.94. The van der Waals surface area contributed by atoms with Crippen molar-refractivity contribution in [2.45, 2.75) is 26.8 Å². The summed E-state index contributed by atoms with van der Waals surface area (Å²) in [4.78, 5) is 16.8. The van der Waals surface area contributed by atoms with E-state index in [0.717, 1.165) is 0 Å². The summed E-state index contributed by atoms with van der Waals surface area (Å²) in [6.45, 7) is 6.66. The average Bonchev–Trinajstić information content (AvgIpc) is 3.00. The second-order valence-corrected chi connectivity index (χ2v) is 4.75. The summed E-state index contributed by atoms with van der Waals surface area (Å²) in [5, 5.41) is 19.4. The summed E-state index contributed by atoms with van der Waals surface area (Å²) in [6, 6.07) is 0.0236. The van der Waals surface area contributed by atoms with Crippen LogP contribution < -0.4 is 10.6 Å². The molecule has 0 radical (unpaired) electrons. The summed E-state index contributed by atoms with van der Waals surface area (Å²) in [5.41, 5.74) is 0. The third-order valence-corrected chi connectivity index (χ3v) is 3.08. The lowest BCUT2D eigenvalue weighted by molar-refractivity contribution is 0.226. The Morgan fingerprint density at radius 1 is 1.24 bits per heavy atom. The van der Waals surface area contributed by atoms with Gasteiger partial charge in [0.15, 0.2) is 0 Å². The van der Waals surface area contributed by atoms with Crippen molar-refractivity contribution in [3.63, 3.8) is 0 Å². The molecule has 2 atom stereocenters. The number of hydrogen-bond acceptors (Lipinski definition) is 8. The van der Waals surface area contributed by atoms with Crippen LogP contribution in [0.2, 0.25) is 0 Å². The van der Waals surface area contributed by atoms with Crippen LogP contribution in [0.1, 0.15) is 20.8 Å². The quantitative estimate of drug-likeness (QED) is 0.668. The fourth-order valence-corrected chi connectivity index (χ4v) is 1.58. The van der Waals surface area contributed by atoms with Gasteiger partial charge < -0.3 is 15.7 Å². The molecular weight excluding hydrogens is 272 g/mol. The van der Waals surface area contributed by atoms with Crippen molar-refractivity contribution in [3.05, 3.63) is 12.7 Å². The molecule has 0 aliphatic carbocycles. The van der Waals surface area contributed by atoms with Crippen molar-refractivity contribution >= 4 is 11.9 Å². The Morgan fingerprint density at radius 3 is 2.62 bits per heavy atom. The van der Waals surface area contributed by atoms with Crippen molar-refractivity contribution < 1.29 is 5.11 Å². The van der Waals surface area contributed by atoms with E-state index in [1.54, 1.807) is 0 Å². The highest BCUT2D eigenvalue weighted by Gasteiger charge is 2.14. The van der Waals surface area contributed by atoms with Gasteiger partial charge >= 0.3 is 0 Å². The molecule has 2 rings (SSSR count). The topological polar surface area (TPSA) is 114 Å². The molecule has 0 aliphatic heterocycles. The molecule has 0 amide bonds. The SMILES string of the molecule is CCNc1nc(NC(C)C(C)CO)nc(-n2cncn2)n1. The van der Waals surface area contributed by atoms with Gasteiger partial charge in [0.2, 0.25) is 11.9 Å². The van der Waals surface area contributed by atoms with Crippen LogP contribution in [0.3, 0.4) is 0 Å². The molecule has 0 aliphatic rings. The zero-order valence-electron chi connectivity index (χ0n) is 12.4. The second-order valence-electron chi connectivity index (χ2n) is 4.75. The van der Waals surface area contributed by atoms with Crippen molar-refractivity contribution in [1.82, 2.24) is 29.7 Å². The Balaban J connectivity index is 2.27. The maximum atomic E-state index is 9.20. The molecule has 0 aromatic carbocycles. The van der Waals surface area contributed by atoms with Gasteiger partial charge in [-0.1, -0.05) is 6.92 Å². The number of nitrogens with zero attached hydrogens (tertiary/aromatic N) is 6. The Kier molecular flexibility index (Phi) is 4.99. The number of aliphatic hydroxyl groups excluding tert-OH is 1. The van der Waals surface area contributed by atoms with Gasteiger partial charge in [-0.05, 0) is 19.8 Å². The molecule has 0 saturated heterocycles. The Hall–Kier alpha value is -2.29. The monoisotopic (exact) mass is 292 g/mol. The highest BCUT2D eigenvalue weighted by molar-refractivity contribution is 5.38. The lowest BCUT2D eigenvalue weighted by atomic mass is 10.1. The van der Waals surface area contributed by atoms with E-state index in [0.29, 0.717) is 24.4 Å². The number of hydrogen-bond donors (Lipinski definition) is 3. The molecule has 2 aromatic heterocycles. The van der Waals surface area contributed by atoms with Crippen LogP contribution in [0, 0.1) is 5.92 Å². The van der Waals surface area contributed by atoms with Gasteiger partial charge in [0.1, 0.15) is 12.7 Å². The van der Waals surface area contributed by atoms with Crippen molar-refractivity contribution in [3.8, 4) is 5.95 Å². The van der Waals surface area contributed by atoms with E-state index in [9.17, 15) is 5.11 Å². The first-order valence-corrected chi connectivity index (χ1v) is 6.86. The van der Waals surface area contributed by atoms with Crippen LogP contribution >= 0.6 is 0 Å². The first-order valence-electron chi connectivity index (χ1n) is 6.86. The minimum atomic E-state index is 0.0236. The standard InChI is InChI=1S/C12H20N8O/c1-4-14-10-17-11(16-9(3)8(2)5-21)19-12(18-10)20-7-13-6-15-20/h6-9,21H,4-5H2,1-3H3,(H2,14,16,17,18,19). The Labute approximate surface area is 122 Å². The third-order valence-electron chi connectivity index (χ3n) is 3.08. The normalized spacial score (nSPS) is 13.7. The average molecular weight is 292 g/mol. The molecule has 2 aromatic rings. The first-order chi connectivity index (χ1) is 10.1. The van der Waals surface area contributed by atoms with Gasteiger partial charge in [0.05, 0.1) is 0 Å². The predicted octanol–water partition coefficient (Wildman–Crippen LogP) is 0.313. The minimum Gasteiger partial charge on any atom is -0.396 e. The van der Waals surface area contributed by atoms with Gasteiger partial charge in [-0.2, -0.15) is 24.7 Å². The maximum Gasteiger partial charge on any atom is 0.258 e. The highest BCUT2D eigenvalue weighted by Crippen LogP contribution is 2.12. The fraction of sp³-hybridized carbons (Fsp3) is 0.583. The smallest absolute Gasteiger partial charge is 0.258 e. The number of anilines is 2. The number of aromatic nitrogens is 6. The van der Waals surface area contributed by atoms with Crippen LogP contribution in [0.5, 0.6) is 0 Å². The second kappa shape index (κ2) is 6.93. The summed E-state index contributed by atoms with van der Waals surface area (Å²) in [5.74, 6) is 1.35. The van der Waals surface area contributed by atoms with Crippen molar-refractivity contribution in [2.24, 2.45) is 5.92 Å². The third kappa shape index (κ3) is 3.85. The molecule has 2 unspecified atom stereocenters. The molecule has 0 saturated carbocycles. The number of rotatable bonds is 7. The molecule has 0 bridgehead atoms. The maximum absolute atomic E-state index is 9.20. The van der Waals surface area contributed by atoms with E-state index in [1.807, 2.05) is 20.8 Å². The van der Waals surface area contributed by atoms with Gasteiger partial charge in [-0.3, -0.25) is 0 Å². The van der Waals surface area contributed by atoms with Crippen LogP contribution in [0.15, 0.2) is 12.7 Å². The molecule has 21 heavy (non-hydrogen) atoms.